The average molecular weight is 282 g/mol. The number of fused-ring (bicyclic) bond motifs is 1. The number of esters is 1. The van der Waals surface area contributed by atoms with E-state index in [0.29, 0.717) is 22.2 Å². The minimum Gasteiger partial charge on any atom is -0.457 e. The third kappa shape index (κ3) is 3.02. The summed E-state index contributed by atoms with van der Waals surface area (Å²) in [6, 6.07) is 10.9. The number of rotatable bonds is 3. The summed E-state index contributed by atoms with van der Waals surface area (Å²) in [5.41, 5.74) is 2.32. The van der Waals surface area contributed by atoms with Gasteiger partial charge in [0.25, 0.3) is 0 Å². The van der Waals surface area contributed by atoms with E-state index in [1.807, 2.05) is 0 Å². The molecule has 5 heteroatoms. The summed E-state index contributed by atoms with van der Waals surface area (Å²) in [6.45, 7) is 0.0229. The van der Waals surface area contributed by atoms with Gasteiger partial charge in [-0.1, -0.05) is 12.1 Å². The smallest absolute Gasteiger partial charge is 0.338 e. The number of hydrogen-bond acceptors (Lipinski definition) is 4. The molecule has 104 valence electrons. The van der Waals surface area contributed by atoms with E-state index in [2.05, 4.69) is 9.97 Å². The third-order valence-electron chi connectivity index (χ3n) is 2.96. The summed E-state index contributed by atoms with van der Waals surface area (Å²) in [5, 5.41) is 0. The second-order valence-electron chi connectivity index (χ2n) is 4.47. The molecule has 0 N–H and O–H groups in total. The van der Waals surface area contributed by atoms with Gasteiger partial charge in [0.1, 0.15) is 12.4 Å². The summed E-state index contributed by atoms with van der Waals surface area (Å²) in [7, 11) is 0. The lowest BCUT2D eigenvalue weighted by molar-refractivity contribution is 0.0472. The number of nitrogens with zero attached hydrogens (tertiary/aromatic N) is 2. The van der Waals surface area contributed by atoms with Crippen LogP contribution < -0.4 is 0 Å². The molecule has 0 unspecified atom stereocenters. The molecule has 0 radical (unpaired) electrons. The van der Waals surface area contributed by atoms with Crippen molar-refractivity contribution in [1.29, 1.82) is 0 Å². The van der Waals surface area contributed by atoms with E-state index in [-0.39, 0.29) is 12.4 Å². The molecular weight excluding hydrogens is 271 g/mol. The monoisotopic (exact) mass is 282 g/mol. The largest absolute Gasteiger partial charge is 0.457 e. The SMILES string of the molecule is O=C(OCc1cccc(F)c1)c1ccc2nccnc2c1. The molecule has 4 nitrogen and oxygen atoms in total. The van der Waals surface area contributed by atoms with Gasteiger partial charge >= 0.3 is 5.97 Å². The number of aromatic nitrogens is 2. The highest BCUT2D eigenvalue weighted by Gasteiger charge is 2.09. The van der Waals surface area contributed by atoms with Crippen LogP contribution in [0.3, 0.4) is 0 Å². The van der Waals surface area contributed by atoms with Gasteiger partial charge in [-0.25, -0.2) is 9.18 Å². The molecule has 3 aromatic rings. The number of carbonyl (C=O) groups is 1. The molecule has 0 atom stereocenters. The Morgan fingerprint density at radius 1 is 1.05 bits per heavy atom. The van der Waals surface area contributed by atoms with Crippen LogP contribution in [0.25, 0.3) is 11.0 Å². The number of halogens is 1. The lowest BCUT2D eigenvalue weighted by Gasteiger charge is -2.05. The highest BCUT2D eigenvalue weighted by molar-refractivity contribution is 5.93. The van der Waals surface area contributed by atoms with Gasteiger partial charge in [0.2, 0.25) is 0 Å². The minimum atomic E-state index is -0.480. The number of carbonyl (C=O) groups excluding carboxylic acids is 1. The molecule has 0 saturated carbocycles. The van der Waals surface area contributed by atoms with E-state index < -0.39 is 5.97 Å². The number of hydrogen-bond donors (Lipinski definition) is 0. The van der Waals surface area contributed by atoms with Crippen LogP contribution in [0.5, 0.6) is 0 Å². The normalized spacial score (nSPS) is 10.5. The molecule has 1 aromatic heterocycles. The molecule has 1 heterocycles. The summed E-state index contributed by atoms with van der Waals surface area (Å²) >= 11 is 0. The van der Waals surface area contributed by atoms with Gasteiger partial charge < -0.3 is 4.74 Å². The van der Waals surface area contributed by atoms with Crippen LogP contribution in [0, 0.1) is 5.82 Å². The topological polar surface area (TPSA) is 52.1 Å². The molecule has 0 aliphatic heterocycles. The summed E-state index contributed by atoms with van der Waals surface area (Å²) < 4.78 is 18.2. The second kappa shape index (κ2) is 5.66. The van der Waals surface area contributed by atoms with Crippen molar-refractivity contribution < 1.29 is 13.9 Å². The predicted molar refractivity (Wildman–Crippen MR) is 75.1 cm³/mol. The Morgan fingerprint density at radius 2 is 1.86 bits per heavy atom. The van der Waals surface area contributed by atoms with E-state index >= 15 is 0 Å². The Labute approximate surface area is 120 Å². The number of benzene rings is 2. The number of ether oxygens (including phenoxy) is 1. The molecule has 0 saturated heterocycles. The molecule has 0 aliphatic carbocycles. The first kappa shape index (κ1) is 13.2. The lowest BCUT2D eigenvalue weighted by atomic mass is 10.2. The minimum absolute atomic E-state index is 0.0229. The van der Waals surface area contributed by atoms with Crippen LogP contribution >= 0.6 is 0 Å². The summed E-state index contributed by atoms with van der Waals surface area (Å²) in [5.74, 6) is -0.837. The van der Waals surface area contributed by atoms with Gasteiger partial charge in [-0.15, -0.1) is 0 Å². The zero-order valence-corrected chi connectivity index (χ0v) is 11.0. The van der Waals surface area contributed by atoms with E-state index in [1.165, 1.54) is 12.1 Å². The molecule has 3 rings (SSSR count). The van der Waals surface area contributed by atoms with Crippen molar-refractivity contribution in [2.45, 2.75) is 6.61 Å². The average Bonchev–Trinajstić information content (AvgIpc) is 2.52. The first-order chi connectivity index (χ1) is 10.2. The van der Waals surface area contributed by atoms with Crippen molar-refractivity contribution in [3.05, 3.63) is 71.8 Å². The van der Waals surface area contributed by atoms with Crippen molar-refractivity contribution in [2.75, 3.05) is 0 Å². The van der Waals surface area contributed by atoms with Crippen LogP contribution in [0.1, 0.15) is 15.9 Å². The van der Waals surface area contributed by atoms with Gasteiger partial charge in [-0.3, -0.25) is 9.97 Å². The Hall–Kier alpha value is -2.82. The van der Waals surface area contributed by atoms with Gasteiger partial charge in [0, 0.05) is 12.4 Å². The van der Waals surface area contributed by atoms with Crippen LogP contribution in [0.4, 0.5) is 4.39 Å². The van der Waals surface area contributed by atoms with Crippen LogP contribution in [0.2, 0.25) is 0 Å². The highest BCUT2D eigenvalue weighted by atomic mass is 19.1. The highest BCUT2D eigenvalue weighted by Crippen LogP contribution is 2.13. The molecule has 0 bridgehead atoms. The van der Waals surface area contributed by atoms with E-state index in [1.54, 1.807) is 42.7 Å². The second-order valence-corrected chi connectivity index (χ2v) is 4.47. The van der Waals surface area contributed by atoms with Gasteiger partial charge in [0.05, 0.1) is 16.6 Å². The summed E-state index contributed by atoms with van der Waals surface area (Å²) in [4.78, 5) is 20.2. The van der Waals surface area contributed by atoms with Crippen molar-refractivity contribution in [2.24, 2.45) is 0 Å². The Morgan fingerprint density at radius 3 is 2.67 bits per heavy atom. The molecule has 0 amide bonds. The molecule has 21 heavy (non-hydrogen) atoms. The van der Waals surface area contributed by atoms with Gasteiger partial charge in [-0.2, -0.15) is 0 Å². The van der Waals surface area contributed by atoms with Crippen molar-refractivity contribution in [3.8, 4) is 0 Å². The zero-order valence-electron chi connectivity index (χ0n) is 11.0. The van der Waals surface area contributed by atoms with Crippen LogP contribution in [0.15, 0.2) is 54.9 Å². The van der Waals surface area contributed by atoms with Crippen molar-refractivity contribution in [1.82, 2.24) is 9.97 Å². The summed E-state index contributed by atoms with van der Waals surface area (Å²) in [6.07, 6.45) is 3.15. The van der Waals surface area contributed by atoms with Crippen molar-refractivity contribution in [3.63, 3.8) is 0 Å². The quantitative estimate of drug-likeness (QED) is 0.692. The maximum atomic E-state index is 13.0. The first-order valence-corrected chi connectivity index (χ1v) is 6.35. The standard InChI is InChI=1S/C16H11FN2O2/c17-13-3-1-2-11(8-13)10-21-16(20)12-4-5-14-15(9-12)19-7-6-18-14/h1-9H,10H2. The molecule has 2 aromatic carbocycles. The molecule has 0 spiro atoms. The van der Waals surface area contributed by atoms with Gasteiger partial charge in [-0.05, 0) is 35.9 Å². The zero-order chi connectivity index (χ0) is 14.7. The fraction of sp³-hybridized carbons (Fsp3) is 0.0625. The maximum Gasteiger partial charge on any atom is 0.338 e. The first-order valence-electron chi connectivity index (χ1n) is 6.35. The Kier molecular flexibility index (Phi) is 3.55. The van der Waals surface area contributed by atoms with Crippen LogP contribution in [-0.2, 0) is 11.3 Å². The Bertz CT molecular complexity index is 805. The van der Waals surface area contributed by atoms with E-state index in [0.717, 1.165) is 0 Å². The molecule has 0 fully saturated rings. The van der Waals surface area contributed by atoms with E-state index in [9.17, 15) is 9.18 Å². The Balaban J connectivity index is 1.74. The van der Waals surface area contributed by atoms with E-state index in [4.69, 9.17) is 4.74 Å². The maximum absolute atomic E-state index is 13.0. The fourth-order valence-electron chi connectivity index (χ4n) is 1.95. The third-order valence-corrected chi connectivity index (χ3v) is 2.96. The van der Waals surface area contributed by atoms with Gasteiger partial charge in [0.15, 0.2) is 0 Å². The predicted octanol–water partition coefficient (Wildman–Crippen LogP) is 3.13. The lowest BCUT2D eigenvalue weighted by Crippen LogP contribution is -2.05. The molecule has 0 aliphatic rings. The molecular formula is C16H11FN2O2. The van der Waals surface area contributed by atoms with Crippen molar-refractivity contribution >= 4 is 17.0 Å². The fourth-order valence-corrected chi connectivity index (χ4v) is 1.95. The van der Waals surface area contributed by atoms with Crippen LogP contribution in [-0.4, -0.2) is 15.9 Å².